The summed E-state index contributed by atoms with van der Waals surface area (Å²) < 4.78 is 16.6. The Bertz CT molecular complexity index is 809. The second kappa shape index (κ2) is 17.1. The maximum absolute atomic E-state index is 13.1. The van der Waals surface area contributed by atoms with E-state index in [0.29, 0.717) is 51.1 Å². The fourth-order valence-corrected chi connectivity index (χ4v) is 5.21. The molecule has 1 unspecified atom stereocenters. The first-order valence-electron chi connectivity index (χ1n) is 14.7. The Morgan fingerprint density at radius 1 is 1.13 bits per heavy atom. The van der Waals surface area contributed by atoms with Crippen molar-refractivity contribution < 1.29 is 24.1 Å². The fraction of sp³-hybridized carbons (Fsp3) is 0.774. The number of hydrogen-bond acceptors (Lipinski definition) is 6. The molecular weight excluding hydrogens is 480 g/mol. The van der Waals surface area contributed by atoms with Crippen LogP contribution in [0.1, 0.15) is 77.8 Å². The average Bonchev–Trinajstić information content (AvgIpc) is 2.89. The van der Waals surface area contributed by atoms with Gasteiger partial charge in [0.25, 0.3) is 0 Å². The standard InChI is InChI=1S/C31H54N2O5/c1-7-24-10-9-23(18-30(24)38-14-8-13-36-6)17-25(21(2)3)19-28(32)29(34)20-27(22(4)5)31(35)33-26-11-15-37-16-12-26/h9-10,18,21-22,25-29,34H,7-8,11-17,19-20,32H2,1-6H3,(H,33,35)/t25?,27-,28-,29-/m0/s1. The van der Waals surface area contributed by atoms with Gasteiger partial charge in [-0.2, -0.15) is 0 Å². The quantitative estimate of drug-likeness (QED) is 0.254. The van der Waals surface area contributed by atoms with Crippen molar-refractivity contribution in [1.82, 2.24) is 5.32 Å². The van der Waals surface area contributed by atoms with Crippen molar-refractivity contribution in [2.24, 2.45) is 29.4 Å². The molecule has 0 aliphatic carbocycles. The Morgan fingerprint density at radius 3 is 2.45 bits per heavy atom. The summed E-state index contributed by atoms with van der Waals surface area (Å²) in [5, 5.41) is 14.3. The van der Waals surface area contributed by atoms with Gasteiger partial charge in [-0.05, 0) is 73.5 Å². The van der Waals surface area contributed by atoms with Crippen LogP contribution in [0.2, 0.25) is 0 Å². The predicted octanol–water partition coefficient (Wildman–Crippen LogP) is 4.51. The van der Waals surface area contributed by atoms with Gasteiger partial charge in [-0.3, -0.25) is 4.79 Å². The molecule has 1 heterocycles. The summed E-state index contributed by atoms with van der Waals surface area (Å²) >= 11 is 0. The van der Waals surface area contributed by atoms with Crippen LogP contribution < -0.4 is 15.8 Å². The smallest absolute Gasteiger partial charge is 0.223 e. The van der Waals surface area contributed by atoms with Crippen molar-refractivity contribution in [3.05, 3.63) is 29.3 Å². The molecule has 0 aromatic heterocycles. The number of ether oxygens (including phenoxy) is 3. The molecule has 1 aromatic rings. The lowest BCUT2D eigenvalue weighted by molar-refractivity contribution is -0.129. The molecule has 38 heavy (non-hydrogen) atoms. The monoisotopic (exact) mass is 534 g/mol. The number of hydrogen-bond donors (Lipinski definition) is 3. The predicted molar refractivity (Wildman–Crippen MR) is 153 cm³/mol. The van der Waals surface area contributed by atoms with Crippen molar-refractivity contribution in [2.75, 3.05) is 33.5 Å². The first-order valence-corrected chi connectivity index (χ1v) is 14.7. The zero-order chi connectivity index (χ0) is 28.1. The molecule has 0 spiro atoms. The number of rotatable bonds is 17. The second-order valence-corrected chi connectivity index (χ2v) is 11.6. The van der Waals surface area contributed by atoms with Gasteiger partial charge in [-0.25, -0.2) is 0 Å². The van der Waals surface area contributed by atoms with Gasteiger partial charge in [-0.15, -0.1) is 0 Å². The van der Waals surface area contributed by atoms with Gasteiger partial charge >= 0.3 is 0 Å². The number of nitrogens with two attached hydrogens (primary N) is 1. The third-order valence-electron chi connectivity index (χ3n) is 7.98. The number of carbonyl (C=O) groups excluding carboxylic acids is 1. The van der Waals surface area contributed by atoms with Crippen LogP contribution >= 0.6 is 0 Å². The molecule has 7 heteroatoms. The summed E-state index contributed by atoms with van der Waals surface area (Å²) in [6.07, 6.45) is 4.68. The number of methoxy groups -OCH3 is 1. The molecule has 2 rings (SSSR count). The summed E-state index contributed by atoms with van der Waals surface area (Å²) in [5.74, 6) is 1.54. The summed E-state index contributed by atoms with van der Waals surface area (Å²) in [6.45, 7) is 13.3. The van der Waals surface area contributed by atoms with Gasteiger partial charge in [0.1, 0.15) is 5.75 Å². The second-order valence-electron chi connectivity index (χ2n) is 11.6. The molecule has 1 amide bonds. The van der Waals surface area contributed by atoms with Crippen LogP contribution in [0, 0.1) is 23.7 Å². The molecule has 0 saturated carbocycles. The normalized spacial score (nSPS) is 17.8. The summed E-state index contributed by atoms with van der Waals surface area (Å²) in [7, 11) is 1.71. The Morgan fingerprint density at radius 2 is 1.84 bits per heavy atom. The average molecular weight is 535 g/mol. The molecule has 1 aromatic carbocycles. The molecule has 1 fully saturated rings. The van der Waals surface area contributed by atoms with Crippen LogP contribution in [0.15, 0.2) is 18.2 Å². The van der Waals surface area contributed by atoms with Gasteiger partial charge in [0.05, 0.1) is 12.7 Å². The highest BCUT2D eigenvalue weighted by atomic mass is 16.5. The molecule has 1 saturated heterocycles. The maximum atomic E-state index is 13.1. The molecule has 4 atom stereocenters. The topological polar surface area (TPSA) is 103 Å². The van der Waals surface area contributed by atoms with Crippen LogP contribution in [0.25, 0.3) is 0 Å². The van der Waals surface area contributed by atoms with Gasteiger partial charge in [0.2, 0.25) is 5.91 Å². The van der Waals surface area contributed by atoms with Crippen molar-refractivity contribution in [2.45, 2.75) is 97.8 Å². The minimum atomic E-state index is -0.730. The highest BCUT2D eigenvalue weighted by molar-refractivity contribution is 5.79. The van der Waals surface area contributed by atoms with E-state index in [1.54, 1.807) is 7.11 Å². The fourth-order valence-electron chi connectivity index (χ4n) is 5.21. The van der Waals surface area contributed by atoms with Crippen molar-refractivity contribution in [3.63, 3.8) is 0 Å². The molecule has 218 valence electrons. The van der Waals surface area contributed by atoms with Gasteiger partial charge in [0, 0.05) is 51.4 Å². The molecular formula is C31H54N2O5. The lowest BCUT2D eigenvalue weighted by atomic mass is 9.80. The first-order chi connectivity index (χ1) is 18.2. The van der Waals surface area contributed by atoms with E-state index in [1.165, 1.54) is 11.1 Å². The first kappa shape index (κ1) is 32.5. The third-order valence-corrected chi connectivity index (χ3v) is 7.98. The third kappa shape index (κ3) is 10.8. The van der Waals surface area contributed by atoms with Crippen LogP contribution in [-0.4, -0.2) is 62.7 Å². The number of amides is 1. The Hall–Kier alpha value is -1.67. The van der Waals surface area contributed by atoms with Gasteiger partial charge in [-0.1, -0.05) is 46.8 Å². The highest BCUT2D eigenvalue weighted by Crippen LogP contribution is 2.29. The summed E-state index contributed by atoms with van der Waals surface area (Å²) in [6, 6.07) is 6.28. The molecule has 1 aliphatic heterocycles. The van der Waals surface area contributed by atoms with E-state index in [9.17, 15) is 9.90 Å². The van der Waals surface area contributed by atoms with Crippen molar-refractivity contribution in [3.8, 4) is 5.75 Å². The largest absolute Gasteiger partial charge is 0.493 e. The van der Waals surface area contributed by atoms with Crippen LogP contribution in [-0.2, 0) is 27.1 Å². The van der Waals surface area contributed by atoms with Crippen molar-refractivity contribution in [1.29, 1.82) is 0 Å². The van der Waals surface area contributed by atoms with Crippen LogP contribution in [0.5, 0.6) is 5.75 Å². The van der Waals surface area contributed by atoms with E-state index >= 15 is 0 Å². The molecule has 0 bridgehead atoms. The number of nitrogens with one attached hydrogen (secondary N) is 1. The minimum absolute atomic E-state index is 0.0209. The molecule has 4 N–H and O–H groups in total. The van der Waals surface area contributed by atoms with E-state index < -0.39 is 6.10 Å². The van der Waals surface area contributed by atoms with Gasteiger partial charge in [0.15, 0.2) is 0 Å². The zero-order valence-corrected chi connectivity index (χ0v) is 24.7. The maximum Gasteiger partial charge on any atom is 0.223 e. The Balaban J connectivity index is 2.00. The van der Waals surface area contributed by atoms with Gasteiger partial charge < -0.3 is 30.4 Å². The van der Waals surface area contributed by atoms with Crippen LogP contribution in [0.3, 0.4) is 0 Å². The van der Waals surface area contributed by atoms with Crippen LogP contribution in [0.4, 0.5) is 0 Å². The van der Waals surface area contributed by atoms with Crippen molar-refractivity contribution >= 4 is 5.91 Å². The summed E-state index contributed by atoms with van der Waals surface area (Å²) in [4.78, 5) is 13.1. The Kier molecular flexibility index (Phi) is 14.7. The zero-order valence-electron chi connectivity index (χ0n) is 24.7. The SMILES string of the molecule is CCc1ccc(CC(C[C@H](N)[C@@H](O)C[C@H](C(=O)NC2CCOCC2)C(C)C)C(C)C)cc1OCCCOC. The number of carbonyl (C=O) groups is 1. The Labute approximate surface area is 231 Å². The number of benzene rings is 1. The summed E-state index contributed by atoms with van der Waals surface area (Å²) in [5.41, 5.74) is 9.01. The molecule has 7 nitrogen and oxygen atoms in total. The minimum Gasteiger partial charge on any atom is -0.493 e. The lowest BCUT2D eigenvalue weighted by Gasteiger charge is -2.31. The molecule has 1 aliphatic rings. The molecule has 0 radical (unpaired) electrons. The van der Waals surface area contributed by atoms with E-state index in [0.717, 1.165) is 37.9 Å². The van der Waals surface area contributed by atoms with E-state index in [-0.39, 0.29) is 29.8 Å². The van der Waals surface area contributed by atoms with E-state index in [2.05, 4.69) is 44.3 Å². The highest BCUT2D eigenvalue weighted by Gasteiger charge is 2.31. The van der Waals surface area contributed by atoms with E-state index in [4.69, 9.17) is 19.9 Å². The number of aliphatic hydroxyl groups excluding tert-OH is 1. The number of aliphatic hydroxyl groups is 1. The van der Waals surface area contributed by atoms with E-state index in [1.807, 2.05) is 13.8 Å². The lowest BCUT2D eigenvalue weighted by Crippen LogP contribution is -2.46. The number of aryl methyl sites for hydroxylation is 1.